The molecule has 7 nitrogen and oxygen atoms in total. The van der Waals surface area contributed by atoms with Crippen molar-refractivity contribution >= 4 is 33.1 Å². The maximum absolute atomic E-state index is 13.1. The number of rotatable bonds is 4. The quantitative estimate of drug-likeness (QED) is 0.473. The average Bonchev–Trinajstić information content (AvgIpc) is 3.39. The van der Waals surface area contributed by atoms with Gasteiger partial charge in [0, 0.05) is 48.4 Å². The fraction of sp³-hybridized carbons (Fsp3) is 0.200. The molecule has 0 bridgehead atoms. The highest BCUT2D eigenvalue weighted by molar-refractivity contribution is 7.07. The van der Waals surface area contributed by atoms with E-state index in [-0.39, 0.29) is 5.56 Å². The van der Waals surface area contributed by atoms with Crippen LogP contribution in [0.5, 0.6) is 0 Å². The van der Waals surface area contributed by atoms with Gasteiger partial charge in [0.15, 0.2) is 0 Å². The van der Waals surface area contributed by atoms with Crippen molar-refractivity contribution < 1.29 is 0 Å². The first-order valence-corrected chi connectivity index (χ1v) is 9.87. The predicted molar refractivity (Wildman–Crippen MR) is 110 cm³/mol. The van der Waals surface area contributed by atoms with Crippen molar-refractivity contribution in [3.05, 3.63) is 74.9 Å². The summed E-state index contributed by atoms with van der Waals surface area (Å²) in [7, 11) is 3.79. The van der Waals surface area contributed by atoms with Gasteiger partial charge in [0.2, 0.25) is 0 Å². The molecule has 28 heavy (non-hydrogen) atoms. The molecule has 0 unspecified atom stereocenters. The molecule has 8 heteroatoms. The first-order valence-electron chi connectivity index (χ1n) is 8.93. The molecule has 0 N–H and O–H groups in total. The molecule has 0 amide bonds. The van der Waals surface area contributed by atoms with Crippen LogP contribution < -0.4 is 5.56 Å². The molecule has 0 spiro atoms. The third-order valence-electron chi connectivity index (χ3n) is 5.02. The molecule has 0 aliphatic heterocycles. The molecule has 4 aromatic heterocycles. The van der Waals surface area contributed by atoms with Gasteiger partial charge in [-0.25, -0.2) is 9.67 Å². The van der Waals surface area contributed by atoms with E-state index in [1.807, 2.05) is 36.4 Å². The Morgan fingerprint density at radius 1 is 1.11 bits per heavy atom. The zero-order valence-electron chi connectivity index (χ0n) is 15.5. The van der Waals surface area contributed by atoms with Crippen LogP contribution in [-0.2, 0) is 27.1 Å². The summed E-state index contributed by atoms with van der Waals surface area (Å²) in [6.07, 6.45) is 4.42. The Bertz CT molecular complexity index is 1360. The van der Waals surface area contributed by atoms with Crippen molar-refractivity contribution in [1.82, 2.24) is 29.1 Å². The molecule has 1 aromatic carbocycles. The lowest BCUT2D eigenvalue weighted by Gasteiger charge is -2.03. The summed E-state index contributed by atoms with van der Waals surface area (Å²) < 4.78 is 5.16. The van der Waals surface area contributed by atoms with Gasteiger partial charge in [0.25, 0.3) is 5.56 Å². The summed E-state index contributed by atoms with van der Waals surface area (Å²) in [4.78, 5) is 17.5. The van der Waals surface area contributed by atoms with E-state index in [9.17, 15) is 4.79 Å². The Morgan fingerprint density at radius 2 is 2.00 bits per heavy atom. The number of hydrogen-bond donors (Lipinski definition) is 0. The van der Waals surface area contributed by atoms with E-state index >= 15 is 0 Å². The zero-order chi connectivity index (χ0) is 19.3. The van der Waals surface area contributed by atoms with E-state index in [0.717, 1.165) is 34.1 Å². The third kappa shape index (κ3) is 2.73. The molecule has 0 aliphatic carbocycles. The van der Waals surface area contributed by atoms with Crippen LogP contribution in [0.25, 0.3) is 21.8 Å². The second-order valence-electron chi connectivity index (χ2n) is 6.92. The van der Waals surface area contributed by atoms with Crippen molar-refractivity contribution in [3.63, 3.8) is 0 Å². The summed E-state index contributed by atoms with van der Waals surface area (Å²) in [6, 6.07) is 8.20. The molecule has 4 heterocycles. The van der Waals surface area contributed by atoms with Gasteiger partial charge >= 0.3 is 0 Å². The maximum Gasteiger partial charge on any atom is 0.291 e. The average molecular weight is 390 g/mol. The van der Waals surface area contributed by atoms with E-state index in [0.29, 0.717) is 12.1 Å². The van der Waals surface area contributed by atoms with Crippen molar-refractivity contribution in [1.29, 1.82) is 0 Å². The van der Waals surface area contributed by atoms with Gasteiger partial charge in [0.1, 0.15) is 5.52 Å². The number of fused-ring (bicyclic) bond motifs is 3. The predicted octanol–water partition coefficient (Wildman–Crippen LogP) is 2.72. The van der Waals surface area contributed by atoms with Gasteiger partial charge in [-0.15, -0.1) is 11.3 Å². The topological polar surface area (TPSA) is 70.5 Å². The summed E-state index contributed by atoms with van der Waals surface area (Å²) in [5.74, 6) is 0. The summed E-state index contributed by atoms with van der Waals surface area (Å²) in [5.41, 5.74) is 6.46. The van der Waals surface area contributed by atoms with Crippen LogP contribution in [0.1, 0.15) is 17.0 Å². The largest absolute Gasteiger partial charge is 0.339 e. The first-order chi connectivity index (χ1) is 13.6. The highest BCUT2D eigenvalue weighted by Gasteiger charge is 2.15. The highest BCUT2D eigenvalue weighted by Crippen LogP contribution is 2.27. The van der Waals surface area contributed by atoms with Crippen LogP contribution in [0.3, 0.4) is 0 Å². The van der Waals surface area contributed by atoms with Crippen molar-refractivity contribution in [2.45, 2.75) is 13.0 Å². The Balaban J connectivity index is 1.62. The van der Waals surface area contributed by atoms with Gasteiger partial charge in [-0.3, -0.25) is 9.48 Å². The van der Waals surface area contributed by atoms with Crippen LogP contribution in [0.4, 0.5) is 0 Å². The number of aryl methyl sites for hydroxylation is 2. The second-order valence-corrected chi connectivity index (χ2v) is 7.64. The van der Waals surface area contributed by atoms with Gasteiger partial charge in [-0.1, -0.05) is 12.1 Å². The molecule has 0 aliphatic rings. The Labute approximate surface area is 164 Å². The minimum Gasteiger partial charge on any atom is -0.339 e. The van der Waals surface area contributed by atoms with E-state index in [1.165, 1.54) is 10.2 Å². The fourth-order valence-electron chi connectivity index (χ4n) is 3.66. The first kappa shape index (κ1) is 16.9. The number of thiazole rings is 1. The smallest absolute Gasteiger partial charge is 0.291 e. The molecule has 5 rings (SSSR count). The minimum atomic E-state index is -0.108. The molecular formula is C20H18N6OS. The van der Waals surface area contributed by atoms with Crippen molar-refractivity contribution in [3.8, 4) is 0 Å². The number of hydrogen-bond acceptors (Lipinski definition) is 5. The normalized spacial score (nSPS) is 11.6. The van der Waals surface area contributed by atoms with Crippen molar-refractivity contribution in [2.75, 3.05) is 0 Å². The number of aromatic nitrogens is 6. The van der Waals surface area contributed by atoms with Crippen LogP contribution in [0, 0.1) is 0 Å². The fourth-order valence-corrected chi connectivity index (χ4v) is 4.22. The molecular weight excluding hydrogens is 372 g/mol. The lowest BCUT2D eigenvalue weighted by Crippen LogP contribution is -2.24. The molecule has 0 atom stereocenters. The Kier molecular flexibility index (Phi) is 3.87. The zero-order valence-corrected chi connectivity index (χ0v) is 16.3. The van der Waals surface area contributed by atoms with E-state index in [2.05, 4.69) is 38.8 Å². The van der Waals surface area contributed by atoms with Crippen molar-refractivity contribution in [2.24, 2.45) is 14.1 Å². The van der Waals surface area contributed by atoms with Gasteiger partial charge in [0.05, 0.1) is 29.6 Å². The lowest BCUT2D eigenvalue weighted by molar-refractivity contribution is 0.619. The van der Waals surface area contributed by atoms with Gasteiger partial charge < -0.3 is 4.57 Å². The molecule has 5 aromatic rings. The summed E-state index contributed by atoms with van der Waals surface area (Å²) >= 11 is 1.60. The van der Waals surface area contributed by atoms with E-state index in [4.69, 9.17) is 0 Å². The van der Waals surface area contributed by atoms with Gasteiger partial charge in [-0.05, 0) is 17.7 Å². The molecule has 140 valence electrons. The lowest BCUT2D eigenvalue weighted by atomic mass is 10.1. The second kappa shape index (κ2) is 6.42. The van der Waals surface area contributed by atoms with Crippen LogP contribution in [0.15, 0.2) is 52.3 Å². The van der Waals surface area contributed by atoms with E-state index < -0.39 is 0 Å². The SMILES string of the molecule is Cn1ccc(Cn2ncc3c4ccc(Cc5cscn5)cc4n(C)c3c2=O)n1. The molecule has 0 saturated carbocycles. The molecule has 0 fully saturated rings. The van der Waals surface area contributed by atoms with Gasteiger partial charge in [-0.2, -0.15) is 10.2 Å². The summed E-state index contributed by atoms with van der Waals surface area (Å²) in [6.45, 7) is 0.353. The monoisotopic (exact) mass is 390 g/mol. The Morgan fingerprint density at radius 3 is 2.75 bits per heavy atom. The maximum atomic E-state index is 13.1. The minimum absolute atomic E-state index is 0.108. The van der Waals surface area contributed by atoms with Crippen LogP contribution >= 0.6 is 11.3 Å². The standard InChI is InChI=1S/C20H18N6OS/c1-24-6-5-14(23-24)10-26-20(27)19-17(9-22-26)16-4-3-13(8-18(16)25(19)2)7-15-11-28-12-21-15/h3-6,8-9,11-12H,7,10H2,1-2H3. The molecule has 0 radical (unpaired) electrons. The number of benzene rings is 1. The molecule has 0 saturated heterocycles. The van der Waals surface area contributed by atoms with E-state index in [1.54, 1.807) is 22.2 Å². The van der Waals surface area contributed by atoms with Crippen LogP contribution in [0.2, 0.25) is 0 Å². The Hall–Kier alpha value is -3.26. The number of nitrogens with zero attached hydrogens (tertiary/aromatic N) is 6. The highest BCUT2D eigenvalue weighted by atomic mass is 32.1. The van der Waals surface area contributed by atoms with Crippen LogP contribution in [-0.4, -0.2) is 29.1 Å². The third-order valence-corrected chi connectivity index (χ3v) is 5.65. The summed E-state index contributed by atoms with van der Waals surface area (Å²) in [5, 5.41) is 12.7.